The molecule has 6 heteroatoms. The topological polar surface area (TPSA) is 43.2 Å². The second kappa shape index (κ2) is 7.15. The predicted molar refractivity (Wildman–Crippen MR) is 89.4 cm³/mol. The third-order valence-electron chi connectivity index (χ3n) is 4.02. The third kappa shape index (κ3) is 3.28. The summed E-state index contributed by atoms with van der Waals surface area (Å²) in [6.45, 7) is 3.61. The van der Waals surface area contributed by atoms with Crippen LogP contribution in [0.15, 0.2) is 29.4 Å². The number of methoxy groups -OCH3 is 1. The molecule has 0 unspecified atom stereocenters. The molecule has 0 atom stereocenters. The largest absolute Gasteiger partial charge is 0.496 e. The van der Waals surface area contributed by atoms with E-state index in [4.69, 9.17) is 4.74 Å². The van der Waals surface area contributed by atoms with Gasteiger partial charge in [-0.1, -0.05) is 23.9 Å². The molecule has 22 heavy (non-hydrogen) atoms. The van der Waals surface area contributed by atoms with Crippen LogP contribution in [0, 0.1) is 0 Å². The fraction of sp³-hybridized carbons (Fsp3) is 0.500. The van der Waals surface area contributed by atoms with Crippen LogP contribution in [0.4, 0.5) is 0 Å². The lowest BCUT2D eigenvalue weighted by molar-refractivity contribution is 0.362. The first-order valence-corrected chi connectivity index (χ1v) is 8.66. The number of aromatic nitrogens is 3. The highest BCUT2D eigenvalue weighted by Crippen LogP contribution is 2.29. The fourth-order valence-electron chi connectivity index (χ4n) is 2.78. The number of likely N-dealkylation sites (tertiary alicyclic amines) is 1. The molecule has 1 aromatic carbocycles. The van der Waals surface area contributed by atoms with E-state index >= 15 is 0 Å². The molecule has 1 aliphatic heterocycles. The van der Waals surface area contributed by atoms with Crippen molar-refractivity contribution in [3.8, 4) is 17.1 Å². The molecule has 0 N–H and O–H groups in total. The summed E-state index contributed by atoms with van der Waals surface area (Å²) in [5.41, 5.74) is 0.978. The van der Waals surface area contributed by atoms with E-state index < -0.39 is 0 Å². The van der Waals surface area contributed by atoms with Crippen molar-refractivity contribution in [3.63, 3.8) is 0 Å². The fourth-order valence-corrected chi connectivity index (χ4v) is 3.69. The van der Waals surface area contributed by atoms with Crippen molar-refractivity contribution in [2.75, 3.05) is 32.5 Å². The minimum absolute atomic E-state index is 0.826. The molecule has 0 amide bonds. The number of rotatable bonds is 6. The molecule has 0 aliphatic carbocycles. The van der Waals surface area contributed by atoms with E-state index in [1.165, 1.54) is 25.9 Å². The second-order valence-electron chi connectivity index (χ2n) is 5.46. The van der Waals surface area contributed by atoms with Crippen molar-refractivity contribution in [2.45, 2.75) is 18.0 Å². The van der Waals surface area contributed by atoms with E-state index in [9.17, 15) is 0 Å². The Morgan fingerprint density at radius 3 is 2.73 bits per heavy atom. The van der Waals surface area contributed by atoms with Crippen LogP contribution < -0.4 is 4.74 Å². The van der Waals surface area contributed by atoms with E-state index in [-0.39, 0.29) is 0 Å². The van der Waals surface area contributed by atoms with Crippen LogP contribution in [0.5, 0.6) is 5.75 Å². The first-order valence-electron chi connectivity index (χ1n) is 7.67. The molecular weight excluding hydrogens is 296 g/mol. The quantitative estimate of drug-likeness (QED) is 0.766. The average molecular weight is 318 g/mol. The summed E-state index contributed by atoms with van der Waals surface area (Å²) < 4.78 is 7.47. The first kappa shape index (κ1) is 15.4. The zero-order valence-electron chi connectivity index (χ0n) is 13.2. The second-order valence-corrected chi connectivity index (χ2v) is 6.52. The Balaban J connectivity index is 1.68. The van der Waals surface area contributed by atoms with Gasteiger partial charge in [0.15, 0.2) is 11.0 Å². The van der Waals surface area contributed by atoms with Gasteiger partial charge in [0.25, 0.3) is 0 Å². The monoisotopic (exact) mass is 318 g/mol. The molecule has 3 rings (SSSR count). The zero-order chi connectivity index (χ0) is 15.4. The number of para-hydroxylation sites is 1. The van der Waals surface area contributed by atoms with Gasteiger partial charge in [-0.15, -0.1) is 10.2 Å². The van der Waals surface area contributed by atoms with Crippen LogP contribution in [-0.4, -0.2) is 52.2 Å². The Morgan fingerprint density at radius 2 is 1.95 bits per heavy atom. The van der Waals surface area contributed by atoms with Crippen molar-refractivity contribution in [1.82, 2.24) is 19.7 Å². The van der Waals surface area contributed by atoms with Crippen LogP contribution >= 0.6 is 11.8 Å². The lowest BCUT2D eigenvalue weighted by Crippen LogP contribution is -2.22. The van der Waals surface area contributed by atoms with Gasteiger partial charge in [-0.25, -0.2) is 0 Å². The van der Waals surface area contributed by atoms with E-state index in [1.807, 2.05) is 35.9 Å². The lowest BCUT2D eigenvalue weighted by Gasteiger charge is -2.13. The molecule has 0 bridgehead atoms. The van der Waals surface area contributed by atoms with Crippen molar-refractivity contribution < 1.29 is 4.74 Å². The minimum Gasteiger partial charge on any atom is -0.496 e. The van der Waals surface area contributed by atoms with Crippen LogP contribution in [0.25, 0.3) is 11.4 Å². The molecule has 1 aromatic heterocycles. The molecule has 2 aromatic rings. The van der Waals surface area contributed by atoms with Gasteiger partial charge in [0, 0.05) is 19.3 Å². The van der Waals surface area contributed by atoms with Gasteiger partial charge >= 0.3 is 0 Å². The third-order valence-corrected chi connectivity index (χ3v) is 5.02. The number of benzene rings is 1. The molecule has 2 heterocycles. The Labute approximate surface area is 135 Å². The van der Waals surface area contributed by atoms with Gasteiger partial charge in [-0.3, -0.25) is 0 Å². The summed E-state index contributed by atoms with van der Waals surface area (Å²) >= 11 is 1.77. The first-order chi connectivity index (χ1) is 10.8. The van der Waals surface area contributed by atoms with Crippen LogP contribution in [0.1, 0.15) is 12.8 Å². The highest BCUT2D eigenvalue weighted by Gasteiger charge is 2.16. The average Bonchev–Trinajstić information content (AvgIpc) is 3.18. The maximum Gasteiger partial charge on any atom is 0.191 e. The van der Waals surface area contributed by atoms with Crippen molar-refractivity contribution >= 4 is 11.8 Å². The normalized spacial score (nSPS) is 15.4. The maximum atomic E-state index is 5.42. The summed E-state index contributed by atoms with van der Waals surface area (Å²) in [5, 5.41) is 9.64. The zero-order valence-corrected chi connectivity index (χ0v) is 14.0. The molecule has 5 nitrogen and oxygen atoms in total. The summed E-state index contributed by atoms with van der Waals surface area (Å²) in [4.78, 5) is 2.52. The maximum absolute atomic E-state index is 5.42. The molecule has 118 valence electrons. The van der Waals surface area contributed by atoms with Gasteiger partial charge in [-0.2, -0.15) is 0 Å². The van der Waals surface area contributed by atoms with E-state index in [0.717, 1.165) is 34.6 Å². The Morgan fingerprint density at radius 1 is 1.18 bits per heavy atom. The van der Waals surface area contributed by atoms with E-state index in [1.54, 1.807) is 18.9 Å². The highest BCUT2D eigenvalue weighted by molar-refractivity contribution is 7.99. The van der Waals surface area contributed by atoms with Crippen molar-refractivity contribution in [3.05, 3.63) is 24.3 Å². The molecule has 0 spiro atoms. The van der Waals surface area contributed by atoms with Gasteiger partial charge in [0.05, 0.1) is 12.7 Å². The van der Waals surface area contributed by atoms with Crippen molar-refractivity contribution in [1.29, 1.82) is 0 Å². The number of ether oxygens (including phenoxy) is 1. The number of thioether (sulfide) groups is 1. The lowest BCUT2D eigenvalue weighted by atomic mass is 10.2. The number of hydrogen-bond donors (Lipinski definition) is 0. The number of nitrogens with zero attached hydrogens (tertiary/aromatic N) is 4. The Bertz CT molecular complexity index is 622. The molecule has 1 fully saturated rings. The smallest absolute Gasteiger partial charge is 0.191 e. The summed E-state index contributed by atoms with van der Waals surface area (Å²) in [7, 11) is 3.70. The van der Waals surface area contributed by atoms with E-state index in [0.29, 0.717) is 0 Å². The predicted octanol–water partition coefficient (Wildman–Crippen LogP) is 2.68. The van der Waals surface area contributed by atoms with Crippen LogP contribution in [0.2, 0.25) is 0 Å². The Hall–Kier alpha value is -1.53. The van der Waals surface area contributed by atoms with Crippen LogP contribution in [-0.2, 0) is 7.05 Å². The Kier molecular flexibility index (Phi) is 5.00. The minimum atomic E-state index is 0.826. The van der Waals surface area contributed by atoms with E-state index in [2.05, 4.69) is 15.1 Å². The van der Waals surface area contributed by atoms with Gasteiger partial charge in [0.1, 0.15) is 5.75 Å². The van der Waals surface area contributed by atoms with Crippen molar-refractivity contribution in [2.24, 2.45) is 7.05 Å². The summed E-state index contributed by atoms with van der Waals surface area (Å²) in [6.07, 6.45) is 2.68. The highest BCUT2D eigenvalue weighted by atomic mass is 32.2. The summed E-state index contributed by atoms with van der Waals surface area (Å²) in [5.74, 6) is 2.73. The molecule has 1 aliphatic rings. The molecule has 0 radical (unpaired) electrons. The van der Waals surface area contributed by atoms with Gasteiger partial charge in [-0.05, 0) is 38.1 Å². The molecule has 0 saturated carbocycles. The SMILES string of the molecule is COc1ccccc1-c1nnc(SCCN2CCCC2)n1C. The number of hydrogen-bond acceptors (Lipinski definition) is 5. The molecular formula is C16H22N4OS. The standard InChI is InChI=1S/C16H22N4OS/c1-19-15(13-7-3-4-8-14(13)21-2)17-18-16(19)22-12-11-20-9-5-6-10-20/h3-4,7-8H,5-6,9-12H2,1-2H3. The van der Waals surface area contributed by atoms with Gasteiger partial charge < -0.3 is 14.2 Å². The molecule has 1 saturated heterocycles. The van der Waals surface area contributed by atoms with Crippen LogP contribution in [0.3, 0.4) is 0 Å². The van der Waals surface area contributed by atoms with Gasteiger partial charge in [0.2, 0.25) is 0 Å². The summed E-state index contributed by atoms with van der Waals surface area (Å²) in [6, 6.07) is 7.92.